The topological polar surface area (TPSA) is 101 Å². The SMILES string of the molecule is NC(=O)c1ccc(NC(=O)c2cccc(NC(=O)C3CCCCC3)c2)cc1. The number of nitrogens with two attached hydrogens (primary N) is 1. The van der Waals surface area contributed by atoms with E-state index in [0.29, 0.717) is 22.5 Å². The second-order valence-electron chi connectivity index (χ2n) is 6.80. The van der Waals surface area contributed by atoms with Gasteiger partial charge < -0.3 is 16.4 Å². The van der Waals surface area contributed by atoms with Crippen LogP contribution in [0.25, 0.3) is 0 Å². The Morgan fingerprint density at radius 3 is 2.19 bits per heavy atom. The van der Waals surface area contributed by atoms with Gasteiger partial charge in [-0.3, -0.25) is 14.4 Å². The minimum atomic E-state index is -0.519. The van der Waals surface area contributed by atoms with Gasteiger partial charge in [-0.05, 0) is 55.3 Å². The smallest absolute Gasteiger partial charge is 0.255 e. The van der Waals surface area contributed by atoms with Gasteiger partial charge in [0.05, 0.1) is 0 Å². The molecular weight excluding hydrogens is 342 g/mol. The second kappa shape index (κ2) is 8.49. The standard InChI is InChI=1S/C21H23N3O3/c22-19(25)14-9-11-17(12-10-14)23-21(27)16-7-4-8-18(13-16)24-20(26)15-5-2-1-3-6-15/h4,7-13,15H,1-3,5-6H2,(H2,22,25)(H,23,27)(H,24,26). The molecule has 0 aromatic heterocycles. The van der Waals surface area contributed by atoms with Crippen LogP contribution in [-0.4, -0.2) is 17.7 Å². The molecule has 0 unspecified atom stereocenters. The molecule has 0 atom stereocenters. The first-order valence-corrected chi connectivity index (χ1v) is 9.15. The molecule has 0 spiro atoms. The number of carbonyl (C=O) groups is 3. The van der Waals surface area contributed by atoms with Gasteiger partial charge in [-0.15, -0.1) is 0 Å². The fraction of sp³-hybridized carbons (Fsp3) is 0.286. The summed E-state index contributed by atoms with van der Waals surface area (Å²) in [7, 11) is 0. The number of primary amides is 1. The van der Waals surface area contributed by atoms with Gasteiger partial charge in [-0.1, -0.05) is 25.3 Å². The molecule has 140 valence electrons. The van der Waals surface area contributed by atoms with Gasteiger partial charge in [0.2, 0.25) is 11.8 Å². The van der Waals surface area contributed by atoms with Gasteiger partial charge in [0.25, 0.3) is 5.91 Å². The van der Waals surface area contributed by atoms with Crippen molar-refractivity contribution in [3.05, 3.63) is 59.7 Å². The van der Waals surface area contributed by atoms with Crippen molar-refractivity contribution >= 4 is 29.1 Å². The third-order valence-electron chi connectivity index (χ3n) is 4.80. The van der Waals surface area contributed by atoms with E-state index >= 15 is 0 Å². The fourth-order valence-corrected chi connectivity index (χ4v) is 3.27. The first-order chi connectivity index (χ1) is 13.0. The van der Waals surface area contributed by atoms with Crippen molar-refractivity contribution in [2.24, 2.45) is 11.7 Å². The zero-order chi connectivity index (χ0) is 19.2. The molecule has 0 heterocycles. The lowest BCUT2D eigenvalue weighted by molar-refractivity contribution is -0.120. The molecule has 6 heteroatoms. The van der Waals surface area contributed by atoms with E-state index in [2.05, 4.69) is 10.6 Å². The van der Waals surface area contributed by atoms with Crippen LogP contribution in [0.3, 0.4) is 0 Å². The van der Waals surface area contributed by atoms with Crippen LogP contribution in [0.5, 0.6) is 0 Å². The van der Waals surface area contributed by atoms with Crippen LogP contribution < -0.4 is 16.4 Å². The minimum absolute atomic E-state index is 0.0225. The summed E-state index contributed by atoms with van der Waals surface area (Å²) in [5.74, 6) is -0.737. The molecular formula is C21H23N3O3. The van der Waals surface area contributed by atoms with Crippen LogP contribution in [-0.2, 0) is 4.79 Å². The van der Waals surface area contributed by atoms with Crippen LogP contribution >= 0.6 is 0 Å². The third-order valence-corrected chi connectivity index (χ3v) is 4.80. The van der Waals surface area contributed by atoms with Gasteiger partial charge in [0, 0.05) is 28.4 Å². The Labute approximate surface area is 158 Å². The molecule has 2 aromatic carbocycles. The predicted octanol–water partition coefficient (Wildman–Crippen LogP) is 3.56. The van der Waals surface area contributed by atoms with Gasteiger partial charge >= 0.3 is 0 Å². The van der Waals surface area contributed by atoms with Crippen molar-refractivity contribution in [1.82, 2.24) is 0 Å². The highest BCUT2D eigenvalue weighted by molar-refractivity contribution is 6.05. The molecule has 3 amide bonds. The molecule has 1 fully saturated rings. The molecule has 0 radical (unpaired) electrons. The largest absolute Gasteiger partial charge is 0.366 e. The maximum Gasteiger partial charge on any atom is 0.255 e. The summed E-state index contributed by atoms with van der Waals surface area (Å²) in [6.07, 6.45) is 5.23. The van der Waals surface area contributed by atoms with E-state index in [1.54, 1.807) is 48.5 Å². The van der Waals surface area contributed by atoms with Gasteiger partial charge in [0.15, 0.2) is 0 Å². The van der Waals surface area contributed by atoms with E-state index in [9.17, 15) is 14.4 Å². The number of benzene rings is 2. The fourth-order valence-electron chi connectivity index (χ4n) is 3.27. The maximum atomic E-state index is 12.5. The molecule has 2 aromatic rings. The Morgan fingerprint density at radius 1 is 0.815 bits per heavy atom. The highest BCUT2D eigenvalue weighted by atomic mass is 16.2. The molecule has 1 aliphatic rings. The van der Waals surface area contributed by atoms with Crippen LogP contribution in [0.2, 0.25) is 0 Å². The quantitative estimate of drug-likeness (QED) is 0.755. The average Bonchev–Trinajstić information content (AvgIpc) is 2.69. The Bertz CT molecular complexity index is 840. The number of carbonyl (C=O) groups excluding carboxylic acids is 3. The monoisotopic (exact) mass is 365 g/mol. The van der Waals surface area contributed by atoms with E-state index in [4.69, 9.17) is 5.73 Å². The zero-order valence-corrected chi connectivity index (χ0v) is 15.0. The second-order valence-corrected chi connectivity index (χ2v) is 6.80. The number of nitrogens with one attached hydrogen (secondary N) is 2. The molecule has 1 saturated carbocycles. The summed E-state index contributed by atoms with van der Waals surface area (Å²) in [5, 5.41) is 5.68. The maximum absolute atomic E-state index is 12.5. The Hall–Kier alpha value is -3.15. The van der Waals surface area contributed by atoms with Crippen LogP contribution in [0.1, 0.15) is 52.8 Å². The van der Waals surface area contributed by atoms with E-state index in [1.807, 2.05) is 0 Å². The number of amides is 3. The van der Waals surface area contributed by atoms with Gasteiger partial charge in [-0.2, -0.15) is 0 Å². The number of anilines is 2. The van der Waals surface area contributed by atoms with Crippen LogP contribution in [0.15, 0.2) is 48.5 Å². The molecule has 6 nitrogen and oxygen atoms in total. The summed E-state index contributed by atoms with van der Waals surface area (Å²) in [4.78, 5) is 35.9. The lowest BCUT2D eigenvalue weighted by Gasteiger charge is -2.20. The van der Waals surface area contributed by atoms with Gasteiger partial charge in [0.1, 0.15) is 0 Å². The van der Waals surface area contributed by atoms with Crippen LogP contribution in [0.4, 0.5) is 11.4 Å². The lowest BCUT2D eigenvalue weighted by Crippen LogP contribution is -2.24. The van der Waals surface area contributed by atoms with Crippen molar-refractivity contribution < 1.29 is 14.4 Å². The summed E-state index contributed by atoms with van der Waals surface area (Å²) >= 11 is 0. The Kier molecular flexibility index (Phi) is 5.86. The predicted molar refractivity (Wildman–Crippen MR) is 105 cm³/mol. The van der Waals surface area contributed by atoms with Crippen LogP contribution in [0, 0.1) is 5.92 Å². The highest BCUT2D eigenvalue weighted by Gasteiger charge is 2.21. The lowest BCUT2D eigenvalue weighted by atomic mass is 9.88. The van der Waals surface area contributed by atoms with E-state index in [0.717, 1.165) is 25.7 Å². The Morgan fingerprint density at radius 2 is 1.52 bits per heavy atom. The number of hydrogen-bond acceptors (Lipinski definition) is 3. The van der Waals surface area contributed by atoms with E-state index in [1.165, 1.54) is 6.42 Å². The molecule has 0 aliphatic heterocycles. The van der Waals surface area contributed by atoms with Crippen molar-refractivity contribution in [2.45, 2.75) is 32.1 Å². The first-order valence-electron chi connectivity index (χ1n) is 9.15. The molecule has 0 saturated heterocycles. The highest BCUT2D eigenvalue weighted by Crippen LogP contribution is 2.25. The van der Waals surface area contributed by atoms with E-state index in [-0.39, 0.29) is 17.7 Å². The molecule has 3 rings (SSSR count). The molecule has 1 aliphatic carbocycles. The van der Waals surface area contributed by atoms with E-state index < -0.39 is 5.91 Å². The van der Waals surface area contributed by atoms with Crippen molar-refractivity contribution in [1.29, 1.82) is 0 Å². The van der Waals surface area contributed by atoms with Gasteiger partial charge in [-0.25, -0.2) is 0 Å². The normalized spacial score (nSPS) is 14.4. The first kappa shape index (κ1) is 18.6. The van der Waals surface area contributed by atoms with Crippen molar-refractivity contribution in [3.8, 4) is 0 Å². The Balaban J connectivity index is 1.64. The minimum Gasteiger partial charge on any atom is -0.366 e. The summed E-state index contributed by atoms with van der Waals surface area (Å²) < 4.78 is 0. The summed E-state index contributed by atoms with van der Waals surface area (Å²) in [5.41, 5.74) is 7.19. The number of hydrogen-bond donors (Lipinski definition) is 3. The van der Waals surface area contributed by atoms with Crippen molar-refractivity contribution in [2.75, 3.05) is 10.6 Å². The third kappa shape index (κ3) is 4.94. The molecule has 27 heavy (non-hydrogen) atoms. The van der Waals surface area contributed by atoms with Crippen molar-refractivity contribution in [3.63, 3.8) is 0 Å². The zero-order valence-electron chi connectivity index (χ0n) is 15.0. The number of rotatable bonds is 5. The summed E-state index contributed by atoms with van der Waals surface area (Å²) in [6.45, 7) is 0. The summed E-state index contributed by atoms with van der Waals surface area (Å²) in [6, 6.07) is 13.2. The molecule has 4 N–H and O–H groups in total. The molecule has 0 bridgehead atoms. The average molecular weight is 365 g/mol.